The van der Waals surface area contributed by atoms with Crippen molar-refractivity contribution in [3.8, 4) is 0 Å². The molecule has 0 aliphatic rings. The molecule has 1 heterocycles. The summed E-state index contributed by atoms with van der Waals surface area (Å²) in [7, 11) is 0. The molecule has 5 heteroatoms. The van der Waals surface area contributed by atoms with Gasteiger partial charge in [-0.25, -0.2) is 9.59 Å². The third kappa shape index (κ3) is 3.55. The molecule has 2 rings (SSSR count). The Kier molecular flexibility index (Phi) is 4.65. The van der Waals surface area contributed by atoms with Gasteiger partial charge in [0.15, 0.2) is 0 Å². The van der Waals surface area contributed by atoms with Gasteiger partial charge in [-0.1, -0.05) is 12.1 Å². The second-order valence-electron chi connectivity index (χ2n) is 5.40. The number of carboxylic acid groups (broad SMARTS) is 1. The molecule has 0 spiro atoms. The van der Waals surface area contributed by atoms with E-state index in [-0.39, 0.29) is 17.6 Å². The molecule has 0 amide bonds. The summed E-state index contributed by atoms with van der Waals surface area (Å²) in [6.07, 6.45) is 1.57. The fourth-order valence-electron chi connectivity index (χ4n) is 2.22. The second-order valence-corrected chi connectivity index (χ2v) is 5.40. The number of aromatic nitrogens is 1. The van der Waals surface area contributed by atoms with E-state index < -0.39 is 5.97 Å². The maximum absolute atomic E-state index is 11.9. The van der Waals surface area contributed by atoms with Crippen LogP contribution in [-0.4, -0.2) is 27.7 Å². The molecule has 0 saturated heterocycles. The zero-order valence-electron chi connectivity index (χ0n) is 12.9. The Hall–Kier alpha value is -2.56. The number of hydrogen-bond acceptors (Lipinski definition) is 3. The average Bonchev–Trinajstić information content (AvgIpc) is 2.80. The van der Waals surface area contributed by atoms with Gasteiger partial charge in [-0.3, -0.25) is 0 Å². The summed E-state index contributed by atoms with van der Waals surface area (Å²) in [5.41, 5.74) is 2.38. The summed E-state index contributed by atoms with van der Waals surface area (Å²) in [6.45, 7) is 5.87. The number of aromatic carboxylic acids is 1. The maximum Gasteiger partial charge on any atom is 0.338 e. The summed E-state index contributed by atoms with van der Waals surface area (Å²) < 4.78 is 7.02. The Morgan fingerprint density at radius 2 is 2.00 bits per heavy atom. The first-order valence-electron chi connectivity index (χ1n) is 7.07. The predicted molar refractivity (Wildman–Crippen MR) is 82.2 cm³/mol. The van der Waals surface area contributed by atoms with Crippen LogP contribution in [0.15, 0.2) is 36.5 Å². The lowest BCUT2D eigenvalue weighted by molar-refractivity contribution is 0.0377. The van der Waals surface area contributed by atoms with Crippen LogP contribution in [0.2, 0.25) is 0 Å². The van der Waals surface area contributed by atoms with Gasteiger partial charge in [0, 0.05) is 18.4 Å². The van der Waals surface area contributed by atoms with Crippen molar-refractivity contribution in [3.05, 3.63) is 58.9 Å². The highest BCUT2D eigenvalue weighted by molar-refractivity contribution is 5.90. The minimum Gasteiger partial charge on any atom is -0.478 e. The van der Waals surface area contributed by atoms with Crippen molar-refractivity contribution in [2.75, 3.05) is 0 Å². The first kappa shape index (κ1) is 15.8. The molecule has 5 nitrogen and oxygen atoms in total. The van der Waals surface area contributed by atoms with Crippen LogP contribution in [0.1, 0.15) is 45.8 Å². The Morgan fingerprint density at radius 3 is 2.59 bits per heavy atom. The topological polar surface area (TPSA) is 68.5 Å². The molecular weight excluding hydrogens is 282 g/mol. The molecule has 0 unspecified atom stereocenters. The van der Waals surface area contributed by atoms with Crippen LogP contribution in [0.25, 0.3) is 0 Å². The molecule has 1 aromatic carbocycles. The highest BCUT2D eigenvalue weighted by Crippen LogP contribution is 2.14. The lowest BCUT2D eigenvalue weighted by Crippen LogP contribution is -2.12. The normalized spacial score (nSPS) is 10.7. The molecule has 0 radical (unpaired) electrons. The number of esters is 1. The quantitative estimate of drug-likeness (QED) is 0.862. The fraction of sp³-hybridized carbons (Fsp3) is 0.294. The van der Waals surface area contributed by atoms with Crippen molar-refractivity contribution in [2.45, 2.75) is 33.4 Å². The van der Waals surface area contributed by atoms with Crippen LogP contribution < -0.4 is 0 Å². The number of rotatable bonds is 5. The lowest BCUT2D eigenvalue weighted by atomic mass is 10.1. The average molecular weight is 301 g/mol. The maximum atomic E-state index is 11.9. The Balaban J connectivity index is 2.20. The van der Waals surface area contributed by atoms with E-state index in [1.54, 1.807) is 51.2 Å². The van der Waals surface area contributed by atoms with Gasteiger partial charge in [0.2, 0.25) is 0 Å². The number of ether oxygens (including phenoxy) is 1. The Morgan fingerprint density at radius 1 is 1.27 bits per heavy atom. The van der Waals surface area contributed by atoms with Gasteiger partial charge in [-0.05, 0) is 44.5 Å². The number of benzene rings is 1. The van der Waals surface area contributed by atoms with E-state index in [9.17, 15) is 9.59 Å². The summed E-state index contributed by atoms with van der Waals surface area (Å²) in [5.74, 6) is -1.29. The number of carbonyl (C=O) groups is 2. The Labute approximate surface area is 129 Å². The van der Waals surface area contributed by atoms with Gasteiger partial charge in [0.1, 0.15) is 0 Å². The SMILES string of the molecule is Cc1c(C(=O)O)ccn1Cc1cccc(C(=O)OC(C)C)c1. The number of nitrogens with zero attached hydrogens (tertiary/aromatic N) is 1. The zero-order valence-corrected chi connectivity index (χ0v) is 12.9. The highest BCUT2D eigenvalue weighted by Gasteiger charge is 2.13. The van der Waals surface area contributed by atoms with Crippen molar-refractivity contribution in [2.24, 2.45) is 0 Å². The smallest absolute Gasteiger partial charge is 0.338 e. The zero-order chi connectivity index (χ0) is 16.3. The molecule has 0 atom stereocenters. The first-order valence-corrected chi connectivity index (χ1v) is 7.07. The van der Waals surface area contributed by atoms with Gasteiger partial charge in [-0.15, -0.1) is 0 Å². The van der Waals surface area contributed by atoms with Crippen molar-refractivity contribution in [1.29, 1.82) is 0 Å². The molecule has 1 aromatic heterocycles. The predicted octanol–water partition coefficient (Wildman–Crippen LogP) is 3.11. The number of carboxylic acids is 1. The van der Waals surface area contributed by atoms with Gasteiger partial charge < -0.3 is 14.4 Å². The van der Waals surface area contributed by atoms with Crippen molar-refractivity contribution < 1.29 is 19.4 Å². The van der Waals surface area contributed by atoms with Gasteiger partial charge in [0.25, 0.3) is 0 Å². The third-order valence-corrected chi connectivity index (χ3v) is 3.33. The second kappa shape index (κ2) is 6.47. The highest BCUT2D eigenvalue weighted by atomic mass is 16.5. The van der Waals surface area contributed by atoms with Crippen molar-refractivity contribution in [3.63, 3.8) is 0 Å². The van der Waals surface area contributed by atoms with Crippen LogP contribution in [0.5, 0.6) is 0 Å². The standard InChI is InChI=1S/C17H19NO4/c1-11(2)22-17(21)14-6-4-5-13(9-14)10-18-8-7-15(12(18)3)16(19)20/h4-9,11H,10H2,1-3H3,(H,19,20). The summed E-state index contributed by atoms with van der Waals surface area (Å²) in [4.78, 5) is 23.0. The summed E-state index contributed by atoms with van der Waals surface area (Å²) in [5, 5.41) is 9.07. The number of hydrogen-bond donors (Lipinski definition) is 1. The molecule has 22 heavy (non-hydrogen) atoms. The molecule has 0 aliphatic carbocycles. The molecule has 0 bridgehead atoms. The van der Waals surface area contributed by atoms with E-state index in [1.165, 1.54) is 0 Å². The molecule has 1 N–H and O–H groups in total. The van der Waals surface area contributed by atoms with Gasteiger partial charge in [-0.2, -0.15) is 0 Å². The van der Waals surface area contributed by atoms with E-state index in [1.807, 2.05) is 10.6 Å². The van der Waals surface area contributed by atoms with E-state index >= 15 is 0 Å². The van der Waals surface area contributed by atoms with Crippen LogP contribution in [0, 0.1) is 6.92 Å². The van der Waals surface area contributed by atoms with E-state index in [4.69, 9.17) is 9.84 Å². The minimum absolute atomic E-state index is 0.166. The molecule has 0 saturated carbocycles. The molecule has 2 aromatic rings. The summed E-state index contributed by atoms with van der Waals surface area (Å²) in [6, 6.07) is 8.74. The fourth-order valence-corrected chi connectivity index (χ4v) is 2.22. The third-order valence-electron chi connectivity index (χ3n) is 3.33. The Bertz CT molecular complexity index is 700. The molecule has 116 valence electrons. The molecule has 0 aliphatic heterocycles. The lowest BCUT2D eigenvalue weighted by Gasteiger charge is -2.10. The van der Waals surface area contributed by atoms with Crippen LogP contribution >= 0.6 is 0 Å². The van der Waals surface area contributed by atoms with Crippen LogP contribution in [0.3, 0.4) is 0 Å². The minimum atomic E-state index is -0.939. The van der Waals surface area contributed by atoms with Crippen molar-refractivity contribution in [1.82, 2.24) is 4.57 Å². The molecular formula is C17H19NO4. The summed E-state index contributed by atoms with van der Waals surface area (Å²) >= 11 is 0. The van der Waals surface area contributed by atoms with Crippen LogP contribution in [0.4, 0.5) is 0 Å². The largest absolute Gasteiger partial charge is 0.478 e. The van der Waals surface area contributed by atoms with Gasteiger partial charge in [0.05, 0.1) is 17.2 Å². The van der Waals surface area contributed by atoms with E-state index in [0.717, 1.165) is 5.56 Å². The monoisotopic (exact) mass is 301 g/mol. The van der Waals surface area contributed by atoms with E-state index in [0.29, 0.717) is 17.8 Å². The number of carbonyl (C=O) groups excluding carboxylic acids is 1. The van der Waals surface area contributed by atoms with Crippen LogP contribution in [-0.2, 0) is 11.3 Å². The first-order chi connectivity index (χ1) is 10.4. The molecule has 0 fully saturated rings. The van der Waals surface area contributed by atoms with Gasteiger partial charge >= 0.3 is 11.9 Å². The van der Waals surface area contributed by atoms with Crippen molar-refractivity contribution >= 4 is 11.9 Å². The van der Waals surface area contributed by atoms with E-state index in [2.05, 4.69) is 0 Å².